The molecule has 5 nitrogen and oxygen atoms in total. The van der Waals surface area contributed by atoms with Gasteiger partial charge in [-0.1, -0.05) is 72.1 Å². The van der Waals surface area contributed by atoms with E-state index in [1.807, 2.05) is 13.0 Å². The largest absolute Gasteiger partial charge is 0.348 e. The van der Waals surface area contributed by atoms with Gasteiger partial charge in [0, 0.05) is 13.1 Å². The molecule has 32 heavy (non-hydrogen) atoms. The van der Waals surface area contributed by atoms with Crippen LogP contribution >= 0.6 is 11.6 Å². The molecule has 168 valence electrons. The van der Waals surface area contributed by atoms with Gasteiger partial charge in [0.25, 0.3) is 5.91 Å². The molecule has 3 aromatic rings. The Hall–Kier alpha value is -2.63. The molecule has 1 aliphatic heterocycles. The molecule has 2 heterocycles. The van der Waals surface area contributed by atoms with Crippen molar-refractivity contribution in [1.82, 2.24) is 20.0 Å². The van der Waals surface area contributed by atoms with E-state index >= 15 is 0 Å². The second-order valence-electron chi connectivity index (χ2n) is 8.68. The Bertz CT molecular complexity index is 1070. The Balaban J connectivity index is 1.43. The summed E-state index contributed by atoms with van der Waals surface area (Å²) in [6, 6.07) is 16.6. The van der Waals surface area contributed by atoms with Crippen LogP contribution in [-0.4, -0.2) is 33.7 Å². The van der Waals surface area contributed by atoms with Crippen molar-refractivity contribution in [3.05, 3.63) is 87.2 Å². The highest BCUT2D eigenvalue weighted by atomic mass is 35.5. The first-order valence-corrected chi connectivity index (χ1v) is 11.7. The number of halogens is 1. The number of amides is 1. The molecule has 1 saturated heterocycles. The number of aryl methyl sites for hydroxylation is 2. The fourth-order valence-electron chi connectivity index (χ4n) is 4.29. The Morgan fingerprint density at radius 3 is 2.38 bits per heavy atom. The molecule has 0 saturated carbocycles. The average molecular weight is 451 g/mol. The van der Waals surface area contributed by atoms with Crippen molar-refractivity contribution in [3.8, 4) is 0 Å². The van der Waals surface area contributed by atoms with Gasteiger partial charge in [-0.25, -0.2) is 4.68 Å². The SMILES string of the molecule is Cc1ccc(Cn2nc(C)c(C(=O)NCc3ccccc3CN3CCCCC3)c2Cl)cc1. The number of benzene rings is 2. The standard InChI is InChI=1S/C26H31ClN4O/c1-19-10-12-21(13-11-19)17-31-25(27)24(20(2)29-31)26(32)28-16-22-8-4-5-9-23(22)18-30-14-6-3-7-15-30/h4-5,8-13H,3,6-7,14-18H2,1-2H3,(H,28,32). The van der Waals surface area contributed by atoms with E-state index in [4.69, 9.17) is 11.6 Å². The van der Waals surface area contributed by atoms with E-state index in [1.165, 1.54) is 30.4 Å². The summed E-state index contributed by atoms with van der Waals surface area (Å²) in [6.07, 6.45) is 3.86. The van der Waals surface area contributed by atoms with Crippen LogP contribution in [0.5, 0.6) is 0 Å². The number of piperidine rings is 1. The van der Waals surface area contributed by atoms with E-state index in [-0.39, 0.29) is 5.91 Å². The van der Waals surface area contributed by atoms with Crippen molar-refractivity contribution in [1.29, 1.82) is 0 Å². The summed E-state index contributed by atoms with van der Waals surface area (Å²) in [5.74, 6) is -0.185. The number of hydrogen-bond acceptors (Lipinski definition) is 3. The summed E-state index contributed by atoms with van der Waals surface area (Å²) in [4.78, 5) is 15.5. The van der Waals surface area contributed by atoms with E-state index in [0.29, 0.717) is 29.5 Å². The molecular formula is C26H31ClN4O. The maximum absolute atomic E-state index is 13.0. The molecule has 4 rings (SSSR count). The van der Waals surface area contributed by atoms with Crippen LogP contribution in [-0.2, 0) is 19.6 Å². The number of hydrogen-bond donors (Lipinski definition) is 1. The van der Waals surface area contributed by atoms with E-state index < -0.39 is 0 Å². The third kappa shape index (κ3) is 5.40. The number of likely N-dealkylation sites (tertiary alicyclic amines) is 1. The first-order chi connectivity index (χ1) is 15.5. The maximum atomic E-state index is 13.0. The topological polar surface area (TPSA) is 50.2 Å². The number of carbonyl (C=O) groups excluding carboxylic acids is 1. The normalized spacial score (nSPS) is 14.5. The lowest BCUT2D eigenvalue weighted by Gasteiger charge is -2.27. The van der Waals surface area contributed by atoms with Crippen molar-refractivity contribution in [2.45, 2.75) is 52.7 Å². The number of rotatable bonds is 7. The van der Waals surface area contributed by atoms with Crippen molar-refractivity contribution in [2.75, 3.05) is 13.1 Å². The Labute approximate surface area is 195 Å². The quantitative estimate of drug-likeness (QED) is 0.543. The van der Waals surface area contributed by atoms with Crippen molar-refractivity contribution >= 4 is 17.5 Å². The summed E-state index contributed by atoms with van der Waals surface area (Å²) >= 11 is 6.58. The molecule has 0 atom stereocenters. The molecule has 0 unspecified atom stereocenters. The molecule has 1 aliphatic rings. The zero-order valence-electron chi connectivity index (χ0n) is 18.9. The second kappa shape index (κ2) is 10.3. The minimum absolute atomic E-state index is 0.185. The summed E-state index contributed by atoms with van der Waals surface area (Å²) in [5, 5.41) is 7.96. The van der Waals surface area contributed by atoms with Crippen LogP contribution in [0.3, 0.4) is 0 Å². The van der Waals surface area contributed by atoms with Gasteiger partial charge in [0.05, 0.1) is 17.8 Å². The van der Waals surface area contributed by atoms with Gasteiger partial charge in [-0.2, -0.15) is 5.10 Å². The van der Waals surface area contributed by atoms with Crippen LogP contribution < -0.4 is 5.32 Å². The Kier molecular flexibility index (Phi) is 7.28. The van der Waals surface area contributed by atoms with Crippen molar-refractivity contribution in [3.63, 3.8) is 0 Å². The van der Waals surface area contributed by atoms with Gasteiger partial charge < -0.3 is 5.32 Å². The van der Waals surface area contributed by atoms with Gasteiger partial charge in [0.1, 0.15) is 5.15 Å². The predicted molar refractivity (Wildman–Crippen MR) is 129 cm³/mol. The number of carbonyl (C=O) groups is 1. The Morgan fingerprint density at radius 1 is 0.969 bits per heavy atom. The predicted octanol–water partition coefficient (Wildman–Crippen LogP) is 5.12. The van der Waals surface area contributed by atoms with Gasteiger partial charge in [-0.3, -0.25) is 9.69 Å². The van der Waals surface area contributed by atoms with E-state index in [2.05, 4.69) is 64.7 Å². The third-order valence-corrected chi connectivity index (χ3v) is 6.53. The van der Waals surface area contributed by atoms with Crippen LogP contribution in [0.25, 0.3) is 0 Å². The van der Waals surface area contributed by atoms with Crippen LogP contribution in [0.2, 0.25) is 5.15 Å². The monoisotopic (exact) mass is 450 g/mol. The van der Waals surface area contributed by atoms with Gasteiger partial charge in [0.15, 0.2) is 0 Å². The van der Waals surface area contributed by atoms with E-state index in [0.717, 1.165) is 30.8 Å². The zero-order chi connectivity index (χ0) is 22.5. The lowest BCUT2D eigenvalue weighted by Crippen LogP contribution is -2.30. The summed E-state index contributed by atoms with van der Waals surface area (Å²) in [6.45, 7) is 8.12. The first kappa shape index (κ1) is 22.6. The molecule has 2 aromatic carbocycles. The van der Waals surface area contributed by atoms with Crippen LogP contribution in [0, 0.1) is 13.8 Å². The highest BCUT2D eigenvalue weighted by Crippen LogP contribution is 2.22. The minimum atomic E-state index is -0.185. The second-order valence-corrected chi connectivity index (χ2v) is 9.04. The molecule has 1 amide bonds. The molecule has 1 fully saturated rings. The van der Waals surface area contributed by atoms with Gasteiger partial charge >= 0.3 is 0 Å². The van der Waals surface area contributed by atoms with Gasteiger partial charge in [0.2, 0.25) is 0 Å². The zero-order valence-corrected chi connectivity index (χ0v) is 19.7. The van der Waals surface area contributed by atoms with Crippen molar-refractivity contribution < 1.29 is 4.79 Å². The van der Waals surface area contributed by atoms with E-state index in [1.54, 1.807) is 4.68 Å². The van der Waals surface area contributed by atoms with E-state index in [9.17, 15) is 4.79 Å². The van der Waals surface area contributed by atoms with Gasteiger partial charge in [-0.05, 0) is 56.5 Å². The molecule has 1 N–H and O–H groups in total. The summed E-state index contributed by atoms with van der Waals surface area (Å²) in [7, 11) is 0. The Morgan fingerprint density at radius 2 is 1.66 bits per heavy atom. The highest BCUT2D eigenvalue weighted by Gasteiger charge is 2.21. The molecule has 6 heteroatoms. The maximum Gasteiger partial charge on any atom is 0.256 e. The summed E-state index contributed by atoms with van der Waals surface area (Å²) in [5.41, 5.74) is 5.81. The molecule has 1 aromatic heterocycles. The lowest BCUT2D eigenvalue weighted by atomic mass is 10.0. The molecule has 0 spiro atoms. The molecule has 0 bridgehead atoms. The third-order valence-electron chi connectivity index (χ3n) is 6.15. The van der Waals surface area contributed by atoms with Crippen molar-refractivity contribution in [2.24, 2.45) is 0 Å². The fourth-order valence-corrected chi connectivity index (χ4v) is 4.61. The average Bonchev–Trinajstić information content (AvgIpc) is 3.08. The highest BCUT2D eigenvalue weighted by molar-refractivity contribution is 6.33. The number of nitrogens with zero attached hydrogens (tertiary/aromatic N) is 3. The molecule has 0 radical (unpaired) electrons. The van der Waals surface area contributed by atoms with Crippen LogP contribution in [0.15, 0.2) is 48.5 Å². The number of nitrogens with one attached hydrogen (secondary N) is 1. The summed E-state index contributed by atoms with van der Waals surface area (Å²) < 4.78 is 1.70. The van der Waals surface area contributed by atoms with Gasteiger partial charge in [-0.15, -0.1) is 0 Å². The first-order valence-electron chi connectivity index (χ1n) is 11.4. The van der Waals surface area contributed by atoms with Crippen LogP contribution in [0.4, 0.5) is 0 Å². The smallest absolute Gasteiger partial charge is 0.256 e. The lowest BCUT2D eigenvalue weighted by molar-refractivity contribution is 0.0950. The number of aromatic nitrogens is 2. The molecule has 0 aliphatic carbocycles. The fraction of sp³-hybridized carbons (Fsp3) is 0.385. The van der Waals surface area contributed by atoms with Crippen LogP contribution in [0.1, 0.15) is 57.6 Å². The molecular weight excluding hydrogens is 420 g/mol. The minimum Gasteiger partial charge on any atom is -0.348 e.